The molecule has 0 radical (unpaired) electrons. The molecule has 13 heavy (non-hydrogen) atoms. The van der Waals surface area contributed by atoms with Gasteiger partial charge >= 0.3 is 5.97 Å². The Balaban J connectivity index is 3.79. The average molecular weight is 188 g/mol. The first-order valence-corrected chi connectivity index (χ1v) is 4.99. The lowest BCUT2D eigenvalue weighted by molar-refractivity contribution is -0.883. The molecule has 0 aromatic carbocycles. The largest absolute Gasteiger partial charge is 0.462 e. The smallest absolute Gasteiger partial charge is 0.361 e. The molecular weight excluding hydrogens is 166 g/mol. The van der Waals surface area contributed by atoms with Crippen molar-refractivity contribution in [2.24, 2.45) is 0 Å². The Morgan fingerprint density at radius 2 is 1.92 bits per heavy atom. The van der Waals surface area contributed by atoms with Crippen LogP contribution in [0, 0.1) is 0 Å². The standard InChI is InChI=1S/C10H22NO2/c1-5-7-8-11(3,4)9-10(12)13-6-2/h5-9H2,1-4H3/q+1. The monoisotopic (exact) mass is 188 g/mol. The van der Waals surface area contributed by atoms with E-state index in [9.17, 15) is 4.79 Å². The van der Waals surface area contributed by atoms with Crippen molar-refractivity contribution in [3.8, 4) is 0 Å². The topological polar surface area (TPSA) is 26.3 Å². The van der Waals surface area contributed by atoms with Gasteiger partial charge in [0.15, 0.2) is 6.54 Å². The van der Waals surface area contributed by atoms with E-state index in [2.05, 4.69) is 21.0 Å². The van der Waals surface area contributed by atoms with E-state index in [4.69, 9.17) is 4.74 Å². The van der Waals surface area contributed by atoms with Crippen LogP contribution in [0.25, 0.3) is 0 Å². The quantitative estimate of drug-likeness (QED) is 0.465. The molecule has 0 aromatic rings. The number of nitrogens with zero attached hydrogens (tertiary/aromatic N) is 1. The summed E-state index contributed by atoms with van der Waals surface area (Å²) in [6, 6.07) is 0. The fourth-order valence-corrected chi connectivity index (χ4v) is 1.22. The van der Waals surface area contributed by atoms with Gasteiger partial charge in [0, 0.05) is 0 Å². The fourth-order valence-electron chi connectivity index (χ4n) is 1.22. The maximum absolute atomic E-state index is 11.2. The molecule has 0 aliphatic heterocycles. The molecule has 0 N–H and O–H groups in total. The van der Waals surface area contributed by atoms with Crippen LogP contribution < -0.4 is 0 Å². The van der Waals surface area contributed by atoms with E-state index in [0.29, 0.717) is 13.2 Å². The van der Waals surface area contributed by atoms with Crippen LogP contribution in [0.5, 0.6) is 0 Å². The van der Waals surface area contributed by atoms with Crippen LogP contribution in [0.3, 0.4) is 0 Å². The van der Waals surface area contributed by atoms with Gasteiger partial charge in [-0.15, -0.1) is 0 Å². The maximum Gasteiger partial charge on any atom is 0.361 e. The second kappa shape index (κ2) is 5.97. The normalized spacial score (nSPS) is 11.4. The van der Waals surface area contributed by atoms with Gasteiger partial charge in [-0.1, -0.05) is 13.3 Å². The number of hydrogen-bond acceptors (Lipinski definition) is 2. The summed E-state index contributed by atoms with van der Waals surface area (Å²) in [6.07, 6.45) is 2.33. The molecule has 0 spiro atoms. The van der Waals surface area contributed by atoms with E-state index < -0.39 is 0 Å². The van der Waals surface area contributed by atoms with Crippen molar-refractivity contribution < 1.29 is 14.0 Å². The highest BCUT2D eigenvalue weighted by Crippen LogP contribution is 2.01. The lowest BCUT2D eigenvalue weighted by Crippen LogP contribution is -2.45. The van der Waals surface area contributed by atoms with Crippen LogP contribution in [0.1, 0.15) is 26.7 Å². The third kappa shape index (κ3) is 6.58. The molecule has 0 bridgehead atoms. The van der Waals surface area contributed by atoms with Gasteiger partial charge in [-0.05, 0) is 13.3 Å². The van der Waals surface area contributed by atoms with Crippen LogP contribution in [0.4, 0.5) is 0 Å². The van der Waals surface area contributed by atoms with Gasteiger partial charge in [-0.25, -0.2) is 4.79 Å². The zero-order valence-electron chi connectivity index (χ0n) is 9.30. The Hall–Kier alpha value is -0.570. The summed E-state index contributed by atoms with van der Waals surface area (Å²) in [6.45, 7) is 5.99. The average Bonchev–Trinajstić information content (AvgIpc) is 2.00. The van der Waals surface area contributed by atoms with Gasteiger partial charge < -0.3 is 9.22 Å². The molecule has 0 saturated heterocycles. The third-order valence-corrected chi connectivity index (χ3v) is 1.98. The molecule has 0 aliphatic carbocycles. The predicted molar refractivity (Wildman–Crippen MR) is 53.4 cm³/mol. The van der Waals surface area contributed by atoms with Crippen LogP contribution in [0.2, 0.25) is 0 Å². The molecule has 0 rings (SSSR count). The van der Waals surface area contributed by atoms with Crippen molar-refractivity contribution in [2.75, 3.05) is 33.8 Å². The highest BCUT2D eigenvalue weighted by molar-refractivity contribution is 5.70. The summed E-state index contributed by atoms with van der Waals surface area (Å²) < 4.78 is 5.63. The van der Waals surface area contributed by atoms with E-state index in [1.807, 2.05) is 6.92 Å². The highest BCUT2D eigenvalue weighted by atomic mass is 16.5. The first kappa shape index (κ1) is 12.4. The van der Waals surface area contributed by atoms with Crippen molar-refractivity contribution in [1.82, 2.24) is 0 Å². The summed E-state index contributed by atoms with van der Waals surface area (Å²) in [7, 11) is 4.12. The third-order valence-electron chi connectivity index (χ3n) is 1.98. The van der Waals surface area contributed by atoms with Crippen molar-refractivity contribution >= 4 is 5.97 Å². The van der Waals surface area contributed by atoms with Gasteiger partial charge in [0.2, 0.25) is 0 Å². The molecule has 0 saturated carbocycles. The maximum atomic E-state index is 11.2. The summed E-state index contributed by atoms with van der Waals surface area (Å²) in [4.78, 5) is 11.2. The van der Waals surface area contributed by atoms with E-state index >= 15 is 0 Å². The molecule has 3 nitrogen and oxygen atoms in total. The summed E-state index contributed by atoms with van der Waals surface area (Å²) >= 11 is 0. The number of rotatable bonds is 6. The van der Waals surface area contributed by atoms with Gasteiger partial charge in [-0.2, -0.15) is 0 Å². The van der Waals surface area contributed by atoms with Crippen LogP contribution >= 0.6 is 0 Å². The molecule has 0 heterocycles. The summed E-state index contributed by atoms with van der Waals surface area (Å²) in [5.74, 6) is -0.0939. The zero-order valence-corrected chi connectivity index (χ0v) is 9.30. The molecule has 0 aromatic heterocycles. The van der Waals surface area contributed by atoms with Gasteiger partial charge in [0.1, 0.15) is 0 Å². The molecule has 0 aliphatic rings. The van der Waals surface area contributed by atoms with E-state index in [1.54, 1.807) is 0 Å². The van der Waals surface area contributed by atoms with Crippen molar-refractivity contribution in [3.05, 3.63) is 0 Å². The fraction of sp³-hybridized carbons (Fsp3) is 0.900. The Labute approximate surface area is 81.3 Å². The molecule has 0 unspecified atom stereocenters. The molecule has 0 atom stereocenters. The Bertz CT molecular complexity index is 155. The van der Waals surface area contributed by atoms with Crippen molar-refractivity contribution in [1.29, 1.82) is 0 Å². The van der Waals surface area contributed by atoms with Gasteiger partial charge in [0.25, 0.3) is 0 Å². The van der Waals surface area contributed by atoms with E-state index in [0.717, 1.165) is 17.4 Å². The number of unbranched alkanes of at least 4 members (excludes halogenated alkanes) is 1. The second-order valence-corrected chi connectivity index (χ2v) is 3.98. The minimum Gasteiger partial charge on any atom is -0.462 e. The second-order valence-electron chi connectivity index (χ2n) is 3.98. The molecule has 0 amide bonds. The Morgan fingerprint density at radius 1 is 1.31 bits per heavy atom. The first-order chi connectivity index (χ1) is 6.02. The lowest BCUT2D eigenvalue weighted by Gasteiger charge is -2.28. The van der Waals surface area contributed by atoms with E-state index in [-0.39, 0.29) is 5.97 Å². The number of ether oxygens (including phenoxy) is 1. The molecule has 3 heteroatoms. The number of hydrogen-bond donors (Lipinski definition) is 0. The molecular formula is C10H22NO2+. The predicted octanol–water partition coefficient (Wildman–Crippen LogP) is 1.43. The number of carbonyl (C=O) groups is 1. The number of carbonyl (C=O) groups excluding carboxylic acids is 1. The zero-order chi connectivity index (χ0) is 10.3. The molecule has 78 valence electrons. The summed E-state index contributed by atoms with van der Waals surface area (Å²) in [5, 5.41) is 0. The van der Waals surface area contributed by atoms with Crippen LogP contribution in [-0.4, -0.2) is 44.2 Å². The van der Waals surface area contributed by atoms with Crippen LogP contribution in [-0.2, 0) is 9.53 Å². The molecule has 0 fully saturated rings. The number of quaternary nitrogens is 1. The minimum atomic E-state index is -0.0939. The Morgan fingerprint density at radius 3 is 2.38 bits per heavy atom. The van der Waals surface area contributed by atoms with Crippen molar-refractivity contribution in [2.45, 2.75) is 26.7 Å². The van der Waals surface area contributed by atoms with Gasteiger partial charge in [-0.3, -0.25) is 0 Å². The van der Waals surface area contributed by atoms with Crippen LogP contribution in [0.15, 0.2) is 0 Å². The highest BCUT2D eigenvalue weighted by Gasteiger charge is 2.19. The Kier molecular flexibility index (Phi) is 5.71. The SMILES string of the molecule is CCCC[N+](C)(C)CC(=O)OCC. The number of esters is 1. The summed E-state index contributed by atoms with van der Waals surface area (Å²) in [5.41, 5.74) is 0. The minimum absolute atomic E-state index is 0.0939. The lowest BCUT2D eigenvalue weighted by atomic mass is 10.3. The first-order valence-electron chi connectivity index (χ1n) is 4.99. The number of likely N-dealkylation sites (N-methyl/N-ethyl adjacent to an activating group) is 1. The van der Waals surface area contributed by atoms with Gasteiger partial charge in [0.05, 0.1) is 27.2 Å². The van der Waals surface area contributed by atoms with E-state index in [1.165, 1.54) is 6.42 Å². The van der Waals surface area contributed by atoms with Crippen molar-refractivity contribution in [3.63, 3.8) is 0 Å².